The smallest absolute Gasteiger partial charge is 0.163 e. The molecule has 0 aliphatic carbocycles. The maximum Gasteiger partial charge on any atom is 0.163 e. The molecule has 0 atom stereocenters. The standard InChI is InChI=1S/C22H30ClNO3/c1-4-25-11-7-10-24-15-19-13-21(26-5-2)22(14-20(19)23)27-16-18-9-6-8-17(3)12-18/h6,8-9,12-14,24H,4-5,7,10-11,15-16H2,1-3H3. The van der Waals surface area contributed by atoms with Gasteiger partial charge in [-0.15, -0.1) is 0 Å². The van der Waals surface area contributed by atoms with E-state index in [0.29, 0.717) is 30.5 Å². The van der Waals surface area contributed by atoms with Gasteiger partial charge in [-0.25, -0.2) is 0 Å². The van der Waals surface area contributed by atoms with E-state index in [1.807, 2.05) is 32.0 Å². The minimum atomic E-state index is 0.479. The summed E-state index contributed by atoms with van der Waals surface area (Å²) in [5.41, 5.74) is 3.33. The first kappa shape index (κ1) is 21.5. The molecule has 0 amide bonds. The second-order valence-electron chi connectivity index (χ2n) is 6.33. The summed E-state index contributed by atoms with van der Waals surface area (Å²) in [6, 6.07) is 12.1. The van der Waals surface area contributed by atoms with E-state index >= 15 is 0 Å². The molecule has 0 fully saturated rings. The molecular formula is C22H30ClNO3. The van der Waals surface area contributed by atoms with Crippen molar-refractivity contribution in [2.45, 2.75) is 40.3 Å². The van der Waals surface area contributed by atoms with Crippen LogP contribution < -0.4 is 14.8 Å². The van der Waals surface area contributed by atoms with Gasteiger partial charge in [0.1, 0.15) is 6.61 Å². The fourth-order valence-corrected chi connectivity index (χ4v) is 2.94. The average Bonchev–Trinajstić information content (AvgIpc) is 2.65. The maximum absolute atomic E-state index is 6.47. The van der Waals surface area contributed by atoms with Crippen LogP contribution in [0.1, 0.15) is 37.0 Å². The van der Waals surface area contributed by atoms with Crippen LogP contribution in [0.25, 0.3) is 0 Å². The average molecular weight is 392 g/mol. The molecule has 2 rings (SSSR count). The molecule has 0 saturated heterocycles. The Bertz CT molecular complexity index is 706. The molecule has 2 aromatic carbocycles. The SMILES string of the molecule is CCOCCCNCc1cc(OCC)c(OCc2cccc(C)c2)cc1Cl. The first-order valence-corrected chi connectivity index (χ1v) is 9.93. The van der Waals surface area contributed by atoms with Gasteiger partial charge in [-0.3, -0.25) is 0 Å². The maximum atomic E-state index is 6.47. The number of benzene rings is 2. The van der Waals surface area contributed by atoms with Crippen molar-refractivity contribution in [3.05, 3.63) is 58.1 Å². The van der Waals surface area contributed by atoms with Gasteiger partial charge in [-0.05, 0) is 50.9 Å². The summed E-state index contributed by atoms with van der Waals surface area (Å²) in [4.78, 5) is 0. The summed E-state index contributed by atoms with van der Waals surface area (Å²) < 4.78 is 17.1. The molecule has 0 aliphatic rings. The van der Waals surface area contributed by atoms with Crippen LogP contribution in [0.2, 0.25) is 5.02 Å². The van der Waals surface area contributed by atoms with Crippen LogP contribution in [-0.4, -0.2) is 26.4 Å². The quantitative estimate of drug-likeness (QED) is 0.508. The lowest BCUT2D eigenvalue weighted by molar-refractivity contribution is 0.144. The van der Waals surface area contributed by atoms with Gasteiger partial charge in [-0.1, -0.05) is 41.4 Å². The molecule has 0 heterocycles. The predicted octanol–water partition coefficient (Wildman–Crippen LogP) is 5.14. The minimum Gasteiger partial charge on any atom is -0.490 e. The van der Waals surface area contributed by atoms with Gasteiger partial charge in [0.2, 0.25) is 0 Å². The summed E-state index contributed by atoms with van der Waals surface area (Å²) in [5, 5.41) is 4.07. The second kappa shape index (κ2) is 11.9. The van der Waals surface area contributed by atoms with Crippen LogP contribution in [0.4, 0.5) is 0 Å². The van der Waals surface area contributed by atoms with Crippen molar-refractivity contribution in [2.24, 2.45) is 0 Å². The summed E-state index contributed by atoms with van der Waals surface area (Å²) >= 11 is 6.47. The van der Waals surface area contributed by atoms with E-state index in [0.717, 1.165) is 43.1 Å². The third kappa shape index (κ3) is 7.41. The Labute approximate surface area is 167 Å². The van der Waals surface area contributed by atoms with Crippen molar-refractivity contribution in [2.75, 3.05) is 26.4 Å². The van der Waals surface area contributed by atoms with Gasteiger partial charge in [0.05, 0.1) is 6.61 Å². The van der Waals surface area contributed by atoms with Crippen LogP contribution >= 0.6 is 11.6 Å². The predicted molar refractivity (Wildman–Crippen MR) is 111 cm³/mol. The number of hydrogen-bond donors (Lipinski definition) is 1. The lowest BCUT2D eigenvalue weighted by Gasteiger charge is -2.15. The highest BCUT2D eigenvalue weighted by Gasteiger charge is 2.11. The van der Waals surface area contributed by atoms with Crippen LogP contribution in [0, 0.1) is 6.92 Å². The highest BCUT2D eigenvalue weighted by molar-refractivity contribution is 6.31. The van der Waals surface area contributed by atoms with Gasteiger partial charge in [0.25, 0.3) is 0 Å². The van der Waals surface area contributed by atoms with E-state index in [1.165, 1.54) is 5.56 Å². The number of halogens is 1. The zero-order valence-corrected chi connectivity index (χ0v) is 17.3. The summed E-state index contributed by atoms with van der Waals surface area (Å²) in [7, 11) is 0. The Balaban J connectivity index is 1.99. The summed E-state index contributed by atoms with van der Waals surface area (Å²) in [6.45, 7) is 10.2. The lowest BCUT2D eigenvalue weighted by atomic mass is 10.1. The van der Waals surface area contributed by atoms with Gasteiger partial charge in [0.15, 0.2) is 11.5 Å². The van der Waals surface area contributed by atoms with Crippen molar-refractivity contribution < 1.29 is 14.2 Å². The van der Waals surface area contributed by atoms with E-state index in [-0.39, 0.29) is 0 Å². The minimum absolute atomic E-state index is 0.479. The Kier molecular flexibility index (Phi) is 9.46. The zero-order valence-electron chi connectivity index (χ0n) is 16.5. The van der Waals surface area contributed by atoms with Crippen molar-refractivity contribution >= 4 is 11.6 Å². The fraction of sp³-hybridized carbons (Fsp3) is 0.455. The highest BCUT2D eigenvalue weighted by atomic mass is 35.5. The lowest BCUT2D eigenvalue weighted by Crippen LogP contribution is -2.16. The van der Waals surface area contributed by atoms with Crippen LogP contribution in [0.5, 0.6) is 11.5 Å². The van der Waals surface area contributed by atoms with Crippen molar-refractivity contribution in [1.29, 1.82) is 0 Å². The Morgan fingerprint density at radius 3 is 2.56 bits per heavy atom. The number of ether oxygens (including phenoxy) is 3. The van der Waals surface area contributed by atoms with Gasteiger partial charge >= 0.3 is 0 Å². The van der Waals surface area contributed by atoms with Gasteiger partial charge in [0, 0.05) is 30.8 Å². The summed E-state index contributed by atoms with van der Waals surface area (Å²) in [5.74, 6) is 1.39. The van der Waals surface area contributed by atoms with E-state index in [4.69, 9.17) is 25.8 Å². The van der Waals surface area contributed by atoms with Gasteiger partial charge in [-0.2, -0.15) is 0 Å². The normalized spacial score (nSPS) is 10.8. The van der Waals surface area contributed by atoms with E-state index < -0.39 is 0 Å². The highest BCUT2D eigenvalue weighted by Crippen LogP contribution is 2.34. The molecule has 0 aromatic heterocycles. The molecule has 4 nitrogen and oxygen atoms in total. The van der Waals surface area contributed by atoms with Crippen LogP contribution in [0.3, 0.4) is 0 Å². The monoisotopic (exact) mass is 391 g/mol. The fourth-order valence-electron chi connectivity index (χ4n) is 2.72. The van der Waals surface area contributed by atoms with Crippen LogP contribution in [-0.2, 0) is 17.9 Å². The van der Waals surface area contributed by atoms with Crippen LogP contribution in [0.15, 0.2) is 36.4 Å². The molecule has 5 heteroatoms. The van der Waals surface area contributed by atoms with E-state index in [2.05, 4.69) is 30.4 Å². The van der Waals surface area contributed by atoms with Crippen molar-refractivity contribution in [1.82, 2.24) is 5.32 Å². The number of hydrogen-bond acceptors (Lipinski definition) is 4. The Morgan fingerprint density at radius 1 is 1.00 bits per heavy atom. The summed E-state index contributed by atoms with van der Waals surface area (Å²) in [6.07, 6.45) is 0.974. The largest absolute Gasteiger partial charge is 0.490 e. The molecule has 148 valence electrons. The number of aryl methyl sites for hydroxylation is 1. The van der Waals surface area contributed by atoms with Gasteiger partial charge < -0.3 is 19.5 Å². The number of rotatable bonds is 12. The molecule has 27 heavy (non-hydrogen) atoms. The molecule has 0 bridgehead atoms. The Morgan fingerprint density at radius 2 is 1.81 bits per heavy atom. The molecule has 0 unspecified atom stereocenters. The topological polar surface area (TPSA) is 39.7 Å². The first-order valence-electron chi connectivity index (χ1n) is 9.56. The molecule has 0 radical (unpaired) electrons. The Hall–Kier alpha value is -1.75. The van der Waals surface area contributed by atoms with E-state index in [1.54, 1.807) is 0 Å². The molecular weight excluding hydrogens is 362 g/mol. The zero-order chi connectivity index (χ0) is 19.5. The van der Waals surface area contributed by atoms with Crippen molar-refractivity contribution in [3.8, 4) is 11.5 Å². The molecule has 1 N–H and O–H groups in total. The first-order chi connectivity index (χ1) is 13.1. The third-order valence-corrected chi connectivity index (χ3v) is 4.40. The van der Waals surface area contributed by atoms with Crippen molar-refractivity contribution in [3.63, 3.8) is 0 Å². The third-order valence-electron chi connectivity index (χ3n) is 4.05. The molecule has 0 saturated carbocycles. The van der Waals surface area contributed by atoms with E-state index in [9.17, 15) is 0 Å². The molecule has 0 aliphatic heterocycles. The second-order valence-corrected chi connectivity index (χ2v) is 6.74. The number of nitrogens with one attached hydrogen (secondary N) is 1. The molecule has 2 aromatic rings. The molecule has 0 spiro atoms.